The molecular formula is C13H16F3NO5S. The number of halogens is 3. The minimum absolute atomic E-state index is 0.0170. The molecule has 2 N–H and O–H groups in total. The lowest BCUT2D eigenvalue weighted by Crippen LogP contribution is -2.41. The second kappa shape index (κ2) is 7.18. The normalized spacial score (nSPS) is 13.8. The van der Waals surface area contributed by atoms with E-state index in [1.165, 1.54) is 12.1 Å². The molecule has 6 nitrogen and oxygen atoms in total. The first-order chi connectivity index (χ1) is 10.4. The van der Waals surface area contributed by atoms with Crippen molar-refractivity contribution in [1.82, 2.24) is 4.72 Å². The van der Waals surface area contributed by atoms with Gasteiger partial charge in [0.15, 0.2) is 0 Å². The molecule has 130 valence electrons. The fourth-order valence-corrected chi connectivity index (χ4v) is 3.13. The van der Waals surface area contributed by atoms with Crippen molar-refractivity contribution in [2.24, 2.45) is 5.92 Å². The summed E-state index contributed by atoms with van der Waals surface area (Å²) in [5, 5.41) is 9.05. The predicted octanol–water partition coefficient (Wildman–Crippen LogP) is 2.36. The fraction of sp³-hybridized carbons (Fsp3) is 0.462. The monoisotopic (exact) mass is 355 g/mol. The van der Waals surface area contributed by atoms with Crippen LogP contribution in [0.2, 0.25) is 0 Å². The average molecular weight is 355 g/mol. The van der Waals surface area contributed by atoms with Crippen LogP contribution in [0.15, 0.2) is 29.2 Å². The Morgan fingerprint density at radius 2 is 1.87 bits per heavy atom. The van der Waals surface area contributed by atoms with Gasteiger partial charge in [0, 0.05) is 0 Å². The van der Waals surface area contributed by atoms with Gasteiger partial charge in [-0.15, -0.1) is 13.2 Å². The van der Waals surface area contributed by atoms with E-state index in [9.17, 15) is 26.4 Å². The van der Waals surface area contributed by atoms with Crippen molar-refractivity contribution < 1.29 is 36.2 Å². The first-order valence-corrected chi connectivity index (χ1v) is 8.00. The van der Waals surface area contributed by atoms with Gasteiger partial charge >= 0.3 is 12.3 Å². The minimum Gasteiger partial charge on any atom is -0.480 e. The number of carboxylic acid groups (broad SMARTS) is 1. The van der Waals surface area contributed by atoms with Gasteiger partial charge < -0.3 is 9.84 Å². The van der Waals surface area contributed by atoms with Crippen LogP contribution in [0.5, 0.6) is 5.75 Å². The molecule has 1 unspecified atom stereocenters. The number of sulfonamides is 1. The molecule has 0 amide bonds. The standard InChI is InChI=1S/C13H16F3NO5S/c1-8(2)7-9(12(18)19)17-23(20,21)11-6-4-3-5-10(11)22-13(14,15)16/h3-6,8-9,17H,7H2,1-2H3,(H,18,19). The smallest absolute Gasteiger partial charge is 0.480 e. The van der Waals surface area contributed by atoms with Gasteiger partial charge in [-0.05, 0) is 24.5 Å². The molecule has 0 aliphatic carbocycles. The lowest BCUT2D eigenvalue weighted by atomic mass is 10.1. The summed E-state index contributed by atoms with van der Waals surface area (Å²) in [6.45, 7) is 3.37. The van der Waals surface area contributed by atoms with Crippen LogP contribution in [0.1, 0.15) is 20.3 Å². The summed E-state index contributed by atoms with van der Waals surface area (Å²) in [5.41, 5.74) is 0. The first-order valence-electron chi connectivity index (χ1n) is 6.52. The highest BCUT2D eigenvalue weighted by molar-refractivity contribution is 7.89. The number of hydrogen-bond donors (Lipinski definition) is 2. The maximum atomic E-state index is 12.3. The molecule has 23 heavy (non-hydrogen) atoms. The van der Waals surface area contributed by atoms with Crippen LogP contribution in [0.4, 0.5) is 13.2 Å². The van der Waals surface area contributed by atoms with Gasteiger partial charge in [0.05, 0.1) is 0 Å². The summed E-state index contributed by atoms with van der Waals surface area (Å²) in [6.07, 6.45) is -5.09. The van der Waals surface area contributed by atoms with Gasteiger partial charge in [0.25, 0.3) is 0 Å². The second-order valence-corrected chi connectivity index (χ2v) is 6.82. The van der Waals surface area contributed by atoms with Crippen LogP contribution < -0.4 is 9.46 Å². The summed E-state index contributed by atoms with van der Waals surface area (Å²) in [7, 11) is -4.51. The highest BCUT2D eigenvalue weighted by Gasteiger charge is 2.35. The van der Waals surface area contributed by atoms with Gasteiger partial charge in [-0.3, -0.25) is 4.79 Å². The lowest BCUT2D eigenvalue weighted by Gasteiger charge is -2.18. The Labute approximate surface area is 131 Å². The molecule has 0 saturated carbocycles. The van der Waals surface area contributed by atoms with Crippen molar-refractivity contribution >= 4 is 16.0 Å². The summed E-state index contributed by atoms with van der Waals surface area (Å²) in [4.78, 5) is 10.3. The van der Waals surface area contributed by atoms with Gasteiger partial charge in [-0.2, -0.15) is 4.72 Å². The van der Waals surface area contributed by atoms with E-state index in [1.54, 1.807) is 13.8 Å². The van der Waals surface area contributed by atoms with E-state index in [0.29, 0.717) is 0 Å². The van der Waals surface area contributed by atoms with E-state index in [1.807, 2.05) is 4.72 Å². The molecule has 0 spiro atoms. The Balaban J connectivity index is 3.15. The number of hydrogen-bond acceptors (Lipinski definition) is 4. The van der Waals surface area contributed by atoms with E-state index >= 15 is 0 Å². The van der Waals surface area contributed by atoms with E-state index in [0.717, 1.165) is 12.1 Å². The zero-order valence-corrected chi connectivity index (χ0v) is 13.1. The Hall–Kier alpha value is -1.81. The fourth-order valence-electron chi connectivity index (χ4n) is 1.80. The molecule has 0 aliphatic heterocycles. The Morgan fingerprint density at radius 3 is 2.35 bits per heavy atom. The van der Waals surface area contributed by atoms with E-state index in [2.05, 4.69) is 4.74 Å². The van der Waals surface area contributed by atoms with Crippen molar-refractivity contribution in [2.75, 3.05) is 0 Å². The van der Waals surface area contributed by atoms with Crippen molar-refractivity contribution in [3.8, 4) is 5.75 Å². The summed E-state index contributed by atoms with van der Waals surface area (Å²) in [5.74, 6) is -2.49. The van der Waals surface area contributed by atoms with Crippen LogP contribution in [0.3, 0.4) is 0 Å². The quantitative estimate of drug-likeness (QED) is 0.783. The van der Waals surface area contributed by atoms with E-state index in [-0.39, 0.29) is 12.3 Å². The average Bonchev–Trinajstić information content (AvgIpc) is 2.35. The molecule has 1 aromatic carbocycles. The largest absolute Gasteiger partial charge is 0.573 e. The van der Waals surface area contributed by atoms with Crippen LogP contribution in [0.25, 0.3) is 0 Å². The maximum Gasteiger partial charge on any atom is 0.573 e. The molecule has 1 rings (SSSR count). The molecule has 0 fully saturated rings. The molecule has 1 aromatic rings. The number of ether oxygens (including phenoxy) is 1. The van der Waals surface area contributed by atoms with E-state index < -0.39 is 39.0 Å². The van der Waals surface area contributed by atoms with Crippen LogP contribution in [0, 0.1) is 5.92 Å². The molecule has 0 saturated heterocycles. The Kier molecular flexibility index (Phi) is 6.00. The summed E-state index contributed by atoms with van der Waals surface area (Å²) < 4.78 is 67.0. The van der Waals surface area contributed by atoms with Crippen molar-refractivity contribution in [3.63, 3.8) is 0 Å². The molecule has 1 atom stereocenters. The molecular weight excluding hydrogens is 339 g/mol. The lowest BCUT2D eigenvalue weighted by molar-refractivity contribution is -0.275. The molecule has 0 bridgehead atoms. The molecule has 0 radical (unpaired) electrons. The molecule has 0 heterocycles. The topological polar surface area (TPSA) is 92.7 Å². The van der Waals surface area contributed by atoms with Crippen LogP contribution >= 0.6 is 0 Å². The number of rotatable bonds is 7. The third-order valence-corrected chi connectivity index (χ3v) is 4.18. The minimum atomic E-state index is -5.07. The SMILES string of the molecule is CC(C)CC(NS(=O)(=O)c1ccccc1OC(F)(F)F)C(=O)O. The highest BCUT2D eigenvalue weighted by atomic mass is 32.2. The van der Waals surface area contributed by atoms with Crippen molar-refractivity contribution in [2.45, 2.75) is 37.6 Å². The second-order valence-electron chi connectivity index (χ2n) is 5.14. The van der Waals surface area contributed by atoms with Crippen LogP contribution in [-0.4, -0.2) is 31.9 Å². The number of carboxylic acids is 1. The summed E-state index contributed by atoms with van der Waals surface area (Å²) >= 11 is 0. The van der Waals surface area contributed by atoms with Gasteiger partial charge in [0.1, 0.15) is 16.7 Å². The Bertz CT molecular complexity index is 658. The first kappa shape index (κ1) is 19.2. The number of nitrogens with one attached hydrogen (secondary N) is 1. The third kappa shape index (κ3) is 6.06. The maximum absolute atomic E-state index is 12.3. The zero-order chi connectivity index (χ0) is 17.8. The number of alkyl halides is 3. The summed E-state index contributed by atoms with van der Waals surface area (Å²) in [6, 6.07) is 2.65. The van der Waals surface area contributed by atoms with Gasteiger partial charge in [0.2, 0.25) is 10.0 Å². The van der Waals surface area contributed by atoms with E-state index in [4.69, 9.17) is 5.11 Å². The van der Waals surface area contributed by atoms with Gasteiger partial charge in [-0.1, -0.05) is 26.0 Å². The number of aliphatic carboxylic acids is 1. The zero-order valence-electron chi connectivity index (χ0n) is 12.3. The number of para-hydroxylation sites is 1. The molecule has 0 aromatic heterocycles. The predicted molar refractivity (Wildman–Crippen MR) is 74.3 cm³/mol. The van der Waals surface area contributed by atoms with Crippen molar-refractivity contribution in [1.29, 1.82) is 0 Å². The Morgan fingerprint density at radius 1 is 1.30 bits per heavy atom. The highest BCUT2D eigenvalue weighted by Crippen LogP contribution is 2.29. The molecule has 0 aliphatic rings. The van der Waals surface area contributed by atoms with Crippen LogP contribution in [-0.2, 0) is 14.8 Å². The van der Waals surface area contributed by atoms with Gasteiger partial charge in [-0.25, -0.2) is 8.42 Å². The third-order valence-electron chi connectivity index (χ3n) is 2.67. The number of carbonyl (C=O) groups is 1. The van der Waals surface area contributed by atoms with Crippen molar-refractivity contribution in [3.05, 3.63) is 24.3 Å². The molecule has 10 heteroatoms. The number of benzene rings is 1.